The Kier molecular flexibility index (Phi) is 17.6. The normalized spacial score (nSPS) is 11.4. The van der Waals surface area contributed by atoms with Crippen LogP contribution in [0.2, 0.25) is 0 Å². The lowest BCUT2D eigenvalue weighted by Crippen LogP contribution is -2.09. The first-order valence-corrected chi connectivity index (χ1v) is 39.8. The molecule has 0 fully saturated rings. The molecule has 4 heteroatoms. The van der Waals surface area contributed by atoms with Crippen LogP contribution in [-0.4, -0.2) is 9.13 Å². The SMILES string of the molecule is c1ccc(-c2ccc(N(c3ccc(-c4ccccc4)cc3)c3ccc(-c4ccc(-c5cc6ccc7cccc8c7c6c(c5)n8-c5ccccc5)cc4)cc3)cc2)cc1.c1ccc(-c2ccc(N(c3ccc(-c4ccccc4)cc3)c3ccc(-c4ccc(-c5ccc6c7c5ccc5cccc(c57)n6-c5ccccc5)cc4)cc3)cc2)cc1. The Morgan fingerprint density at radius 3 is 0.759 bits per heavy atom. The van der Waals surface area contributed by atoms with Gasteiger partial charge in [-0.3, -0.25) is 0 Å². The summed E-state index contributed by atoms with van der Waals surface area (Å²) in [4.78, 5) is 4.68. The lowest BCUT2D eigenvalue weighted by molar-refractivity contribution is 1.18. The van der Waals surface area contributed by atoms with Crippen LogP contribution in [0.5, 0.6) is 0 Å². The summed E-state index contributed by atoms with van der Waals surface area (Å²) in [5, 5.41) is 10.4. The molecular weight excluding hydrogens is 1400 g/mol. The molecule has 116 heavy (non-hydrogen) atoms. The number of hydrogen-bond acceptors (Lipinski definition) is 2. The van der Waals surface area contributed by atoms with Crippen LogP contribution >= 0.6 is 0 Å². The van der Waals surface area contributed by atoms with E-state index in [0.29, 0.717) is 0 Å². The fourth-order valence-corrected chi connectivity index (χ4v) is 17.4. The maximum absolute atomic E-state index is 2.42. The summed E-state index contributed by atoms with van der Waals surface area (Å²) in [7, 11) is 0. The molecule has 0 aliphatic carbocycles. The van der Waals surface area contributed by atoms with Crippen molar-refractivity contribution in [3.05, 3.63) is 461 Å². The smallest absolute Gasteiger partial charge is 0.0553 e. The van der Waals surface area contributed by atoms with E-state index in [1.807, 2.05) is 0 Å². The van der Waals surface area contributed by atoms with E-state index in [1.165, 1.54) is 166 Å². The number of rotatable bonds is 16. The fourth-order valence-electron chi connectivity index (χ4n) is 17.4. The van der Waals surface area contributed by atoms with Gasteiger partial charge in [0.15, 0.2) is 0 Å². The average molecular weight is 1480 g/mol. The van der Waals surface area contributed by atoms with Crippen LogP contribution in [0.4, 0.5) is 34.1 Å². The fraction of sp³-hybridized carbons (Fsp3) is 0. The third-order valence-electron chi connectivity index (χ3n) is 23.1. The third-order valence-corrected chi connectivity index (χ3v) is 23.1. The van der Waals surface area contributed by atoms with E-state index in [1.54, 1.807) is 0 Å². The summed E-state index contributed by atoms with van der Waals surface area (Å²) in [5.41, 5.74) is 33.2. The monoisotopic (exact) mass is 1480 g/mol. The summed E-state index contributed by atoms with van der Waals surface area (Å²) in [6.07, 6.45) is 0. The average Bonchev–Trinajstić information content (AvgIpc) is 1.57. The molecule has 0 atom stereocenters. The van der Waals surface area contributed by atoms with E-state index in [4.69, 9.17) is 0 Å². The summed E-state index contributed by atoms with van der Waals surface area (Å²) >= 11 is 0. The summed E-state index contributed by atoms with van der Waals surface area (Å²) in [6, 6.07) is 167. The minimum Gasteiger partial charge on any atom is -0.311 e. The maximum atomic E-state index is 2.42. The predicted molar refractivity (Wildman–Crippen MR) is 492 cm³/mol. The van der Waals surface area contributed by atoms with Crippen molar-refractivity contribution >= 4 is 99.3 Å². The zero-order valence-electron chi connectivity index (χ0n) is 63.7. The number of para-hydroxylation sites is 2. The van der Waals surface area contributed by atoms with E-state index < -0.39 is 0 Å². The van der Waals surface area contributed by atoms with E-state index in [-0.39, 0.29) is 0 Å². The van der Waals surface area contributed by atoms with Crippen molar-refractivity contribution in [3.8, 4) is 100 Å². The van der Waals surface area contributed by atoms with Crippen molar-refractivity contribution in [1.82, 2.24) is 9.13 Å². The molecule has 544 valence electrons. The van der Waals surface area contributed by atoms with Gasteiger partial charge in [-0.05, 0) is 238 Å². The first-order valence-electron chi connectivity index (χ1n) is 39.8. The van der Waals surface area contributed by atoms with Crippen LogP contribution in [0.1, 0.15) is 0 Å². The highest BCUT2D eigenvalue weighted by Gasteiger charge is 2.23. The molecule has 0 saturated carbocycles. The molecule has 0 spiro atoms. The highest BCUT2D eigenvalue weighted by Crippen LogP contribution is 2.47. The second-order valence-electron chi connectivity index (χ2n) is 29.9. The first-order chi connectivity index (χ1) is 57.5. The molecule has 0 amide bonds. The van der Waals surface area contributed by atoms with Crippen molar-refractivity contribution in [3.63, 3.8) is 0 Å². The predicted octanol–water partition coefficient (Wildman–Crippen LogP) is 31.0. The first kappa shape index (κ1) is 68.7. The van der Waals surface area contributed by atoms with E-state index in [9.17, 15) is 0 Å². The molecule has 22 aromatic rings. The lowest BCUT2D eigenvalue weighted by Gasteiger charge is -2.26. The molecular formula is C112H76N4. The van der Waals surface area contributed by atoms with Crippen LogP contribution in [0.15, 0.2) is 461 Å². The van der Waals surface area contributed by atoms with E-state index >= 15 is 0 Å². The molecule has 0 N–H and O–H groups in total. The summed E-state index contributed by atoms with van der Waals surface area (Å²) < 4.78 is 4.82. The quantitative estimate of drug-likeness (QED) is 0.0897. The van der Waals surface area contributed by atoms with Crippen molar-refractivity contribution in [2.24, 2.45) is 0 Å². The van der Waals surface area contributed by atoms with Crippen LogP contribution in [0, 0.1) is 0 Å². The van der Waals surface area contributed by atoms with Gasteiger partial charge < -0.3 is 18.9 Å². The Morgan fingerprint density at radius 1 is 0.147 bits per heavy atom. The Morgan fingerprint density at radius 2 is 0.405 bits per heavy atom. The van der Waals surface area contributed by atoms with Gasteiger partial charge in [0.25, 0.3) is 0 Å². The molecule has 0 saturated heterocycles. The zero-order valence-corrected chi connectivity index (χ0v) is 63.7. The van der Waals surface area contributed by atoms with Gasteiger partial charge in [-0.1, -0.05) is 334 Å². The van der Waals surface area contributed by atoms with Crippen LogP contribution in [-0.2, 0) is 0 Å². The van der Waals surface area contributed by atoms with Gasteiger partial charge in [-0.25, -0.2) is 0 Å². The minimum absolute atomic E-state index is 1.10. The molecule has 0 radical (unpaired) electrons. The molecule has 2 heterocycles. The van der Waals surface area contributed by atoms with Crippen molar-refractivity contribution in [1.29, 1.82) is 0 Å². The molecule has 2 aromatic heterocycles. The largest absolute Gasteiger partial charge is 0.311 e. The Bertz CT molecular complexity index is 7000. The second kappa shape index (κ2) is 29.7. The van der Waals surface area contributed by atoms with Gasteiger partial charge in [0, 0.05) is 67.0 Å². The minimum atomic E-state index is 1.10. The Labute approximate surface area is 675 Å². The number of aromatic nitrogens is 2. The van der Waals surface area contributed by atoms with Crippen molar-refractivity contribution in [2.45, 2.75) is 0 Å². The number of hydrogen-bond donors (Lipinski definition) is 0. The molecule has 0 unspecified atom stereocenters. The summed E-state index contributed by atoms with van der Waals surface area (Å²) in [6.45, 7) is 0. The van der Waals surface area contributed by atoms with Gasteiger partial charge in [-0.15, -0.1) is 0 Å². The molecule has 0 bridgehead atoms. The third kappa shape index (κ3) is 12.7. The maximum Gasteiger partial charge on any atom is 0.0553 e. The highest BCUT2D eigenvalue weighted by atomic mass is 15.1. The zero-order chi connectivity index (χ0) is 76.8. The van der Waals surface area contributed by atoms with Crippen LogP contribution in [0.25, 0.3) is 166 Å². The van der Waals surface area contributed by atoms with Gasteiger partial charge >= 0.3 is 0 Å². The van der Waals surface area contributed by atoms with Gasteiger partial charge in [0.05, 0.1) is 22.1 Å². The molecule has 4 nitrogen and oxygen atoms in total. The van der Waals surface area contributed by atoms with Gasteiger partial charge in [0.1, 0.15) is 0 Å². The van der Waals surface area contributed by atoms with Gasteiger partial charge in [0.2, 0.25) is 0 Å². The lowest BCUT2D eigenvalue weighted by atomic mass is 9.93. The van der Waals surface area contributed by atoms with E-state index in [2.05, 4.69) is 480 Å². The molecule has 0 aliphatic heterocycles. The van der Waals surface area contributed by atoms with Crippen molar-refractivity contribution < 1.29 is 0 Å². The standard InChI is InChI=1S/2C56H38N2/c1-4-11-39(12-5-1)42-23-30-48(31-24-42)57(49-32-25-43(26-33-49)40-13-6-2-7-14-40)50-34-27-44(28-35-50)41-19-21-45(22-20-41)51-37-38-54-56-52(51)36-29-46-15-10-18-53(55(46)56)58(54)47-16-8-3-9-17-47;1-4-11-39(12-5-1)42-25-31-50(32-26-42)57(51-33-27-43(28-34-51)40-13-6-2-7-14-40)52-35-29-44(30-36-52)41-19-21-45(22-20-41)48-37-47-24-23-46-15-10-18-53-55(46)56(47)54(38-48)58(53)49-16-8-3-9-17-49/h2*1-38H. The molecule has 20 aromatic carbocycles. The van der Waals surface area contributed by atoms with Crippen LogP contribution < -0.4 is 9.80 Å². The summed E-state index contributed by atoms with van der Waals surface area (Å²) in [5.74, 6) is 0. The van der Waals surface area contributed by atoms with E-state index in [0.717, 1.165) is 34.1 Å². The molecule has 0 aliphatic rings. The Balaban J connectivity index is 0.000000145. The van der Waals surface area contributed by atoms with Crippen molar-refractivity contribution in [2.75, 3.05) is 9.80 Å². The Hall–Kier alpha value is -15.4. The second-order valence-corrected chi connectivity index (χ2v) is 29.9. The number of benzene rings is 20. The van der Waals surface area contributed by atoms with Gasteiger partial charge in [-0.2, -0.15) is 0 Å². The topological polar surface area (TPSA) is 16.3 Å². The highest BCUT2D eigenvalue weighted by molar-refractivity contribution is 6.27. The number of anilines is 6. The van der Waals surface area contributed by atoms with Crippen LogP contribution in [0.3, 0.4) is 0 Å². The number of nitrogens with zero attached hydrogens (tertiary/aromatic N) is 4. The molecule has 22 rings (SSSR count).